The summed E-state index contributed by atoms with van der Waals surface area (Å²) >= 11 is 1.62. The number of benzene rings is 1. The summed E-state index contributed by atoms with van der Waals surface area (Å²) in [6.45, 7) is 1.63. The third kappa shape index (κ3) is 2.90. The second kappa shape index (κ2) is 5.98. The number of ether oxygens (including phenoxy) is 2. The highest BCUT2D eigenvalue weighted by molar-refractivity contribution is 7.13. The van der Waals surface area contributed by atoms with Crippen LogP contribution >= 0.6 is 11.3 Å². The molecule has 1 aromatic carbocycles. The summed E-state index contributed by atoms with van der Waals surface area (Å²) in [5.41, 5.74) is 2.05. The maximum absolute atomic E-state index is 5.41. The fourth-order valence-corrected chi connectivity index (χ4v) is 3.14. The molecule has 3 heterocycles. The number of aromatic nitrogens is 4. The molecule has 0 fully saturated rings. The molecule has 2 aromatic heterocycles. The Kier molecular flexibility index (Phi) is 3.68. The zero-order valence-corrected chi connectivity index (χ0v) is 13.3. The van der Waals surface area contributed by atoms with Crippen molar-refractivity contribution in [3.05, 3.63) is 41.4 Å². The number of hydrogen-bond acceptors (Lipinski definition) is 7. The monoisotopic (exact) mass is 329 g/mol. The predicted molar refractivity (Wildman–Crippen MR) is 85.2 cm³/mol. The first kappa shape index (κ1) is 14.2. The molecular weight excluding hydrogens is 314 g/mol. The molecule has 0 bridgehead atoms. The van der Waals surface area contributed by atoms with E-state index in [1.807, 2.05) is 29.8 Å². The number of nitrogens with one attached hydrogen (secondary N) is 1. The van der Waals surface area contributed by atoms with Crippen LogP contribution in [0, 0.1) is 0 Å². The summed E-state index contributed by atoms with van der Waals surface area (Å²) < 4.78 is 12.6. The van der Waals surface area contributed by atoms with Crippen molar-refractivity contribution in [2.24, 2.45) is 7.05 Å². The van der Waals surface area contributed by atoms with Crippen LogP contribution in [0.2, 0.25) is 0 Å². The lowest BCUT2D eigenvalue weighted by Crippen LogP contribution is -2.15. The Morgan fingerprint density at radius 1 is 1.26 bits per heavy atom. The van der Waals surface area contributed by atoms with Gasteiger partial charge in [0.25, 0.3) is 0 Å². The van der Waals surface area contributed by atoms with Crippen molar-refractivity contribution in [1.29, 1.82) is 0 Å². The zero-order valence-electron chi connectivity index (χ0n) is 12.5. The number of rotatable bonds is 5. The highest BCUT2D eigenvalue weighted by Gasteiger charge is 2.15. The Balaban J connectivity index is 1.41. The van der Waals surface area contributed by atoms with Crippen LogP contribution < -0.4 is 14.8 Å². The number of aryl methyl sites for hydroxylation is 1. The molecular formula is C15H15N5O2S. The van der Waals surface area contributed by atoms with E-state index in [-0.39, 0.29) is 6.79 Å². The molecule has 1 aliphatic heterocycles. The Morgan fingerprint density at radius 3 is 3.04 bits per heavy atom. The third-order valence-electron chi connectivity index (χ3n) is 3.57. The molecule has 0 amide bonds. The van der Waals surface area contributed by atoms with Gasteiger partial charge in [-0.2, -0.15) is 0 Å². The van der Waals surface area contributed by atoms with Gasteiger partial charge < -0.3 is 19.4 Å². The number of nitrogens with zero attached hydrogens (tertiary/aromatic N) is 4. The van der Waals surface area contributed by atoms with Crippen molar-refractivity contribution in [3.63, 3.8) is 0 Å². The van der Waals surface area contributed by atoms with Crippen molar-refractivity contribution < 1.29 is 9.47 Å². The zero-order chi connectivity index (χ0) is 15.6. The molecule has 1 aliphatic rings. The van der Waals surface area contributed by atoms with Crippen molar-refractivity contribution in [2.75, 3.05) is 6.79 Å². The van der Waals surface area contributed by atoms with Gasteiger partial charge in [-0.1, -0.05) is 0 Å². The molecule has 8 heteroatoms. The molecule has 4 rings (SSSR count). The molecule has 0 saturated carbocycles. The van der Waals surface area contributed by atoms with Gasteiger partial charge in [-0.25, -0.2) is 4.98 Å². The Labute approximate surface area is 136 Å². The molecule has 0 aliphatic carbocycles. The third-order valence-corrected chi connectivity index (χ3v) is 4.51. The molecule has 0 unspecified atom stereocenters. The molecule has 7 nitrogen and oxygen atoms in total. The summed E-state index contributed by atoms with van der Waals surface area (Å²) in [6, 6.07) is 5.89. The van der Waals surface area contributed by atoms with E-state index in [2.05, 4.69) is 25.9 Å². The topological polar surface area (TPSA) is 74.1 Å². The maximum atomic E-state index is 5.41. The lowest BCUT2D eigenvalue weighted by molar-refractivity contribution is 0.174. The SMILES string of the molecule is Cn1cnnc1CNCc1csc(-c2ccc3c(c2)OCO3)n1. The molecule has 1 N–H and O–H groups in total. The van der Waals surface area contributed by atoms with E-state index >= 15 is 0 Å². The molecule has 23 heavy (non-hydrogen) atoms. The van der Waals surface area contributed by atoms with Gasteiger partial charge in [0, 0.05) is 24.5 Å². The molecule has 118 valence electrons. The van der Waals surface area contributed by atoms with E-state index in [1.165, 1.54) is 0 Å². The van der Waals surface area contributed by atoms with Gasteiger partial charge in [-0.05, 0) is 18.2 Å². The van der Waals surface area contributed by atoms with Crippen LogP contribution in [-0.2, 0) is 20.1 Å². The van der Waals surface area contributed by atoms with E-state index in [4.69, 9.17) is 9.47 Å². The first-order chi connectivity index (χ1) is 11.3. The summed E-state index contributed by atoms with van der Waals surface area (Å²) in [4.78, 5) is 4.66. The predicted octanol–water partition coefficient (Wildman–Crippen LogP) is 1.96. The lowest BCUT2D eigenvalue weighted by Gasteiger charge is -2.02. The summed E-state index contributed by atoms with van der Waals surface area (Å²) in [7, 11) is 1.93. The molecule has 0 atom stereocenters. The van der Waals surface area contributed by atoms with Gasteiger partial charge in [-0.3, -0.25) is 0 Å². The van der Waals surface area contributed by atoms with Crippen LogP contribution in [0.3, 0.4) is 0 Å². The standard InChI is InChI=1S/C15H15N5O2S/c1-20-8-17-19-14(20)6-16-5-11-7-23-15(18-11)10-2-3-12-13(4-10)22-9-21-12/h2-4,7-8,16H,5-6,9H2,1H3. The quantitative estimate of drug-likeness (QED) is 0.771. The van der Waals surface area contributed by atoms with Crippen LogP contribution in [0.15, 0.2) is 29.9 Å². The van der Waals surface area contributed by atoms with Crippen LogP contribution in [0.1, 0.15) is 11.5 Å². The second-order valence-corrected chi connectivity index (χ2v) is 6.03. The highest BCUT2D eigenvalue weighted by atomic mass is 32.1. The normalized spacial score (nSPS) is 12.7. The highest BCUT2D eigenvalue weighted by Crippen LogP contribution is 2.36. The summed E-state index contributed by atoms with van der Waals surface area (Å²) in [6.07, 6.45) is 1.69. The van der Waals surface area contributed by atoms with Gasteiger partial charge in [0.05, 0.1) is 12.2 Å². The van der Waals surface area contributed by atoms with E-state index in [0.717, 1.165) is 33.6 Å². The lowest BCUT2D eigenvalue weighted by atomic mass is 10.2. The number of hydrogen-bond donors (Lipinski definition) is 1. The van der Waals surface area contributed by atoms with Gasteiger partial charge in [0.1, 0.15) is 17.2 Å². The maximum Gasteiger partial charge on any atom is 0.231 e. The Morgan fingerprint density at radius 2 is 2.17 bits per heavy atom. The average molecular weight is 329 g/mol. The number of fused-ring (bicyclic) bond motifs is 1. The molecule has 0 radical (unpaired) electrons. The van der Waals surface area contributed by atoms with Crippen LogP contribution in [0.4, 0.5) is 0 Å². The van der Waals surface area contributed by atoms with Gasteiger partial charge in [-0.15, -0.1) is 21.5 Å². The minimum Gasteiger partial charge on any atom is -0.454 e. The Hall–Kier alpha value is -2.45. The van der Waals surface area contributed by atoms with Crippen molar-refractivity contribution in [3.8, 4) is 22.1 Å². The fourth-order valence-electron chi connectivity index (χ4n) is 2.32. The van der Waals surface area contributed by atoms with Crippen LogP contribution in [0.5, 0.6) is 11.5 Å². The van der Waals surface area contributed by atoms with Crippen molar-refractivity contribution >= 4 is 11.3 Å². The summed E-state index contributed by atoms with van der Waals surface area (Å²) in [5.74, 6) is 2.46. The smallest absolute Gasteiger partial charge is 0.231 e. The molecule has 0 saturated heterocycles. The van der Waals surface area contributed by atoms with Crippen LogP contribution in [0.25, 0.3) is 10.6 Å². The largest absolute Gasteiger partial charge is 0.454 e. The van der Waals surface area contributed by atoms with Gasteiger partial charge in [0.15, 0.2) is 11.5 Å². The van der Waals surface area contributed by atoms with E-state index in [1.54, 1.807) is 17.7 Å². The first-order valence-corrected chi connectivity index (χ1v) is 8.05. The van der Waals surface area contributed by atoms with E-state index in [0.29, 0.717) is 13.1 Å². The van der Waals surface area contributed by atoms with Crippen molar-refractivity contribution in [2.45, 2.75) is 13.1 Å². The minimum absolute atomic E-state index is 0.286. The average Bonchev–Trinajstić information content (AvgIpc) is 3.28. The fraction of sp³-hybridized carbons (Fsp3) is 0.267. The first-order valence-electron chi connectivity index (χ1n) is 7.17. The van der Waals surface area contributed by atoms with E-state index < -0.39 is 0 Å². The van der Waals surface area contributed by atoms with Crippen LogP contribution in [-0.4, -0.2) is 26.5 Å². The second-order valence-electron chi connectivity index (χ2n) is 5.17. The van der Waals surface area contributed by atoms with Gasteiger partial charge >= 0.3 is 0 Å². The van der Waals surface area contributed by atoms with Gasteiger partial charge in [0.2, 0.25) is 6.79 Å². The number of thiazole rings is 1. The summed E-state index contributed by atoms with van der Waals surface area (Å²) in [5, 5.41) is 14.3. The van der Waals surface area contributed by atoms with E-state index in [9.17, 15) is 0 Å². The molecule has 3 aromatic rings. The Bertz CT molecular complexity index is 829. The molecule has 0 spiro atoms. The van der Waals surface area contributed by atoms with Crippen molar-refractivity contribution in [1.82, 2.24) is 25.1 Å². The minimum atomic E-state index is 0.286.